The number of hydrogen-bond acceptors (Lipinski definition) is 8. The van der Waals surface area contributed by atoms with Gasteiger partial charge in [-0.25, -0.2) is 9.18 Å². The van der Waals surface area contributed by atoms with Crippen LogP contribution in [0.2, 0.25) is 5.15 Å². The van der Waals surface area contributed by atoms with Crippen molar-refractivity contribution in [2.45, 2.75) is 62.4 Å². The van der Waals surface area contributed by atoms with E-state index in [9.17, 15) is 9.90 Å². The molecule has 0 saturated carbocycles. The zero-order valence-corrected chi connectivity index (χ0v) is 21.7. The van der Waals surface area contributed by atoms with Crippen molar-refractivity contribution >= 4 is 34.4 Å². The second kappa shape index (κ2) is 8.16. The van der Waals surface area contributed by atoms with Crippen LogP contribution in [-0.2, 0) is 0 Å². The van der Waals surface area contributed by atoms with Crippen LogP contribution in [-0.4, -0.2) is 92.0 Å². The Morgan fingerprint density at radius 2 is 1.97 bits per heavy atom. The van der Waals surface area contributed by atoms with Gasteiger partial charge in [-0.15, -0.1) is 0 Å². The predicted octanol–water partition coefficient (Wildman–Crippen LogP) is 3.64. The Labute approximate surface area is 223 Å². The number of aromatic nitrogens is 3. The lowest BCUT2D eigenvalue weighted by atomic mass is 9.92. The summed E-state index contributed by atoms with van der Waals surface area (Å²) in [5.41, 5.74) is 1.98. The van der Waals surface area contributed by atoms with E-state index in [0.29, 0.717) is 30.8 Å². The molecule has 7 rings (SSSR count). The van der Waals surface area contributed by atoms with E-state index in [0.717, 1.165) is 43.5 Å². The standard InChI is InChI=1S/C26H28ClFN6O4/c1-12-6-26(7-13(2)9-32(26)8-12)11-37-24-29-19-17-22(31-24)33-10-15-4-5-16(34(15)25(35)36)20(33)14(3)38-23(17)30-21(27)18(19)28/h14-16,20H,1-2,4-11H2,3H3,(H,35,36). The monoisotopic (exact) mass is 542 g/mol. The molecule has 1 N–H and O–H groups in total. The van der Waals surface area contributed by atoms with Gasteiger partial charge in [-0.1, -0.05) is 35.9 Å². The fourth-order valence-electron chi connectivity index (χ4n) is 7.41. The van der Waals surface area contributed by atoms with E-state index in [-0.39, 0.29) is 46.2 Å². The summed E-state index contributed by atoms with van der Waals surface area (Å²) >= 11 is 6.17. The van der Waals surface area contributed by atoms with Crippen LogP contribution in [0.3, 0.4) is 0 Å². The molecular weight excluding hydrogens is 515 g/mol. The molecule has 0 spiro atoms. The van der Waals surface area contributed by atoms with Crippen molar-refractivity contribution in [3.63, 3.8) is 0 Å². The number of halogens is 2. The van der Waals surface area contributed by atoms with Crippen molar-refractivity contribution in [3.8, 4) is 11.9 Å². The van der Waals surface area contributed by atoms with Crippen molar-refractivity contribution in [1.29, 1.82) is 0 Å². The number of piperazine rings is 1. The van der Waals surface area contributed by atoms with Crippen LogP contribution >= 0.6 is 11.6 Å². The molecule has 7 heterocycles. The van der Waals surface area contributed by atoms with Gasteiger partial charge in [-0.3, -0.25) is 9.80 Å². The third-order valence-electron chi connectivity index (χ3n) is 8.78. The normalized spacial score (nSPS) is 29.3. The number of hydrogen-bond donors (Lipinski definition) is 1. The van der Waals surface area contributed by atoms with Gasteiger partial charge in [0.2, 0.25) is 5.88 Å². The van der Waals surface area contributed by atoms with Crippen molar-refractivity contribution < 1.29 is 23.8 Å². The average Bonchev–Trinajstić information content (AvgIpc) is 3.41. The highest BCUT2D eigenvalue weighted by molar-refractivity contribution is 6.30. The molecule has 1 amide bonds. The van der Waals surface area contributed by atoms with E-state index in [1.165, 1.54) is 4.90 Å². The van der Waals surface area contributed by atoms with E-state index < -0.39 is 18.0 Å². The van der Waals surface area contributed by atoms with Gasteiger partial charge >= 0.3 is 12.1 Å². The first-order valence-corrected chi connectivity index (χ1v) is 13.3. The number of carbonyl (C=O) groups is 1. The van der Waals surface area contributed by atoms with Crippen molar-refractivity contribution in [1.82, 2.24) is 24.8 Å². The molecule has 5 aliphatic heterocycles. The van der Waals surface area contributed by atoms with Gasteiger partial charge < -0.3 is 19.5 Å². The number of rotatable bonds is 3. The lowest BCUT2D eigenvalue weighted by Crippen LogP contribution is -2.64. The van der Waals surface area contributed by atoms with Gasteiger partial charge in [0.1, 0.15) is 29.4 Å². The lowest BCUT2D eigenvalue weighted by molar-refractivity contribution is 0.0706. The lowest BCUT2D eigenvalue weighted by Gasteiger charge is -2.47. The maximum atomic E-state index is 15.4. The van der Waals surface area contributed by atoms with Crippen LogP contribution in [0, 0.1) is 5.82 Å². The smallest absolute Gasteiger partial charge is 0.407 e. The fourth-order valence-corrected chi connectivity index (χ4v) is 7.57. The number of nitrogens with zero attached hydrogens (tertiary/aromatic N) is 6. The third-order valence-corrected chi connectivity index (χ3v) is 9.03. The Kier molecular flexibility index (Phi) is 5.13. The molecule has 4 atom stereocenters. The molecule has 4 saturated heterocycles. The van der Waals surface area contributed by atoms with Crippen LogP contribution in [0.25, 0.3) is 10.9 Å². The Hall–Kier alpha value is -3.18. The molecule has 2 aromatic heterocycles. The van der Waals surface area contributed by atoms with E-state index >= 15 is 4.39 Å². The van der Waals surface area contributed by atoms with Gasteiger partial charge in [0.25, 0.3) is 0 Å². The quantitative estimate of drug-likeness (QED) is 0.460. The summed E-state index contributed by atoms with van der Waals surface area (Å²) in [5.74, 6) is -0.207. The van der Waals surface area contributed by atoms with E-state index in [4.69, 9.17) is 26.1 Å². The number of amides is 1. The summed E-state index contributed by atoms with van der Waals surface area (Å²) in [6.45, 7) is 12.5. The molecule has 0 radical (unpaired) electrons. The Morgan fingerprint density at radius 1 is 1.24 bits per heavy atom. The van der Waals surface area contributed by atoms with Crippen LogP contribution < -0.4 is 14.4 Å². The van der Waals surface area contributed by atoms with E-state index in [1.54, 1.807) is 0 Å². The average molecular weight is 543 g/mol. The van der Waals surface area contributed by atoms with Gasteiger partial charge in [0, 0.05) is 19.6 Å². The van der Waals surface area contributed by atoms with Crippen LogP contribution in [0.5, 0.6) is 11.9 Å². The van der Waals surface area contributed by atoms with E-state index in [1.807, 2.05) is 11.8 Å². The zero-order chi connectivity index (χ0) is 26.5. The molecule has 4 fully saturated rings. The van der Waals surface area contributed by atoms with Crippen molar-refractivity contribution in [2.24, 2.45) is 0 Å². The predicted molar refractivity (Wildman–Crippen MR) is 138 cm³/mol. The first-order chi connectivity index (χ1) is 18.1. The highest BCUT2D eigenvalue weighted by Gasteiger charge is 2.53. The molecule has 0 aliphatic carbocycles. The van der Waals surface area contributed by atoms with E-state index in [2.05, 4.69) is 28.0 Å². The third kappa shape index (κ3) is 3.34. The molecule has 4 unspecified atom stereocenters. The second-order valence-electron chi connectivity index (χ2n) is 11.3. The minimum atomic E-state index is -0.949. The number of pyridine rings is 1. The van der Waals surface area contributed by atoms with Gasteiger partial charge in [0.05, 0.1) is 23.7 Å². The largest absolute Gasteiger partial charge is 0.472 e. The maximum absolute atomic E-state index is 15.4. The second-order valence-corrected chi connectivity index (χ2v) is 11.6. The van der Waals surface area contributed by atoms with Crippen molar-refractivity contribution in [2.75, 3.05) is 31.1 Å². The minimum absolute atomic E-state index is 0.0260. The molecule has 10 nitrogen and oxygen atoms in total. The summed E-state index contributed by atoms with van der Waals surface area (Å²) in [5, 5.41) is 9.89. The minimum Gasteiger partial charge on any atom is -0.472 e. The molecule has 200 valence electrons. The number of carboxylic acid groups (broad SMARTS) is 1. The Morgan fingerprint density at radius 3 is 2.68 bits per heavy atom. The number of fused-ring (bicyclic) bond motifs is 6. The molecule has 5 aliphatic rings. The highest BCUT2D eigenvalue weighted by atomic mass is 35.5. The summed E-state index contributed by atoms with van der Waals surface area (Å²) in [6, 6.07) is -0.822. The molecule has 2 bridgehead atoms. The number of anilines is 1. The molecular formula is C26H28ClFN6O4. The zero-order valence-electron chi connectivity index (χ0n) is 21.0. The molecule has 2 aromatic rings. The van der Waals surface area contributed by atoms with Gasteiger partial charge in [-0.05, 0) is 32.6 Å². The van der Waals surface area contributed by atoms with Crippen LogP contribution in [0.1, 0.15) is 32.6 Å². The SMILES string of the molecule is C=C1CN2CC(=C)CC2(COc2nc3c4c(nc(Cl)c(F)c4n2)OC(C)C2C4CCC(CN32)N4C(=O)O)C1. The fraction of sp³-hybridized carbons (Fsp3) is 0.538. The molecule has 0 aromatic carbocycles. The topological polar surface area (TPSA) is 104 Å². The first kappa shape index (κ1) is 23.9. The first-order valence-electron chi connectivity index (χ1n) is 12.9. The van der Waals surface area contributed by atoms with Crippen LogP contribution in [0.4, 0.5) is 15.0 Å². The summed E-state index contributed by atoms with van der Waals surface area (Å²) in [4.78, 5) is 31.4. The van der Waals surface area contributed by atoms with Crippen molar-refractivity contribution in [3.05, 3.63) is 35.3 Å². The van der Waals surface area contributed by atoms with Crippen LogP contribution in [0.15, 0.2) is 24.3 Å². The maximum Gasteiger partial charge on any atom is 0.407 e. The summed E-state index contributed by atoms with van der Waals surface area (Å²) in [6.07, 6.45) is 1.60. The summed E-state index contributed by atoms with van der Waals surface area (Å²) in [7, 11) is 0. The van der Waals surface area contributed by atoms with Gasteiger partial charge in [0.15, 0.2) is 11.0 Å². The molecule has 12 heteroatoms. The molecule has 38 heavy (non-hydrogen) atoms. The Bertz CT molecular complexity index is 1400. The number of ether oxygens (including phenoxy) is 2. The Balaban J connectivity index is 1.33. The summed E-state index contributed by atoms with van der Waals surface area (Å²) < 4.78 is 27.8. The van der Waals surface area contributed by atoms with Gasteiger partial charge in [-0.2, -0.15) is 15.0 Å². The highest BCUT2D eigenvalue weighted by Crippen LogP contribution is 2.46.